The molecule has 0 radical (unpaired) electrons. The Morgan fingerprint density at radius 1 is 1.47 bits per heavy atom. The van der Waals surface area contributed by atoms with Crippen LogP contribution in [-0.2, 0) is 16.6 Å². The van der Waals surface area contributed by atoms with Gasteiger partial charge in [-0.15, -0.1) is 0 Å². The quantitative estimate of drug-likeness (QED) is 0.766. The van der Waals surface area contributed by atoms with E-state index in [1.807, 2.05) is 0 Å². The second-order valence-corrected chi connectivity index (χ2v) is 5.53. The van der Waals surface area contributed by atoms with Gasteiger partial charge in [0.1, 0.15) is 4.90 Å². The third-order valence-electron chi connectivity index (χ3n) is 2.41. The summed E-state index contributed by atoms with van der Waals surface area (Å²) in [6.45, 7) is 0.513. The van der Waals surface area contributed by atoms with Crippen LogP contribution in [-0.4, -0.2) is 25.4 Å². The largest absolute Gasteiger partial charge is 0.363 e. The minimum absolute atomic E-state index is 0.0500. The molecule has 0 aliphatic carbocycles. The summed E-state index contributed by atoms with van der Waals surface area (Å²) < 4.78 is 39.6. The van der Waals surface area contributed by atoms with E-state index in [4.69, 9.17) is 0 Å². The third kappa shape index (κ3) is 3.09. The van der Waals surface area contributed by atoms with Crippen molar-refractivity contribution in [1.29, 1.82) is 0 Å². The third-order valence-corrected chi connectivity index (χ3v) is 3.76. The van der Waals surface area contributed by atoms with Gasteiger partial charge in [-0.2, -0.15) is 0 Å². The number of H-pyrrole nitrogens is 1. The number of pyridine rings is 1. The van der Waals surface area contributed by atoms with Gasteiger partial charge in [0, 0.05) is 24.6 Å². The monoisotopic (exact) mass is 284 g/mol. The van der Waals surface area contributed by atoms with Crippen molar-refractivity contribution < 1.29 is 12.8 Å². The number of hydrogen-bond acceptors (Lipinski definition) is 4. The van der Waals surface area contributed by atoms with E-state index in [9.17, 15) is 12.8 Å². The van der Waals surface area contributed by atoms with E-state index < -0.39 is 15.8 Å². The molecule has 0 bridgehead atoms. The van der Waals surface area contributed by atoms with E-state index in [-0.39, 0.29) is 10.6 Å². The predicted octanol–water partition coefficient (Wildman–Crippen LogP) is 1.07. The first-order valence-corrected chi connectivity index (χ1v) is 6.95. The summed E-state index contributed by atoms with van der Waals surface area (Å²) in [5, 5.41) is 2.89. The van der Waals surface area contributed by atoms with E-state index >= 15 is 0 Å². The zero-order valence-corrected chi connectivity index (χ0v) is 11.0. The highest BCUT2D eigenvalue weighted by atomic mass is 32.2. The smallest absolute Gasteiger partial charge is 0.263 e. The number of aromatic amines is 1. The van der Waals surface area contributed by atoms with Crippen LogP contribution in [0.4, 0.5) is 10.1 Å². The average molecular weight is 284 g/mol. The molecule has 2 rings (SSSR count). The van der Waals surface area contributed by atoms with Crippen LogP contribution in [0.5, 0.6) is 0 Å². The maximum atomic E-state index is 13.4. The molecule has 6 nitrogen and oxygen atoms in total. The van der Waals surface area contributed by atoms with Crippen molar-refractivity contribution in [1.82, 2.24) is 15.3 Å². The minimum Gasteiger partial charge on any atom is -0.363 e. The maximum Gasteiger partial charge on any atom is 0.263 e. The van der Waals surface area contributed by atoms with Crippen molar-refractivity contribution >= 4 is 15.7 Å². The van der Waals surface area contributed by atoms with Crippen LogP contribution in [0.25, 0.3) is 0 Å². The number of hydrogen-bond donors (Lipinski definition) is 3. The number of halogens is 1. The standard InChI is InChI=1S/C11H13FN4O2S/c1-13-5-8-4-9(6-15-8)19(17,18)16-11-2-3-14-7-10(11)12/h2-4,6-7,13,15H,5H2,1H3,(H,14,16). The van der Waals surface area contributed by atoms with Crippen molar-refractivity contribution in [3.8, 4) is 0 Å². The number of anilines is 1. The van der Waals surface area contributed by atoms with Crippen molar-refractivity contribution in [3.05, 3.63) is 42.2 Å². The van der Waals surface area contributed by atoms with Gasteiger partial charge in [-0.05, 0) is 19.2 Å². The molecular formula is C11H13FN4O2S. The molecule has 0 atom stereocenters. The fourth-order valence-electron chi connectivity index (χ4n) is 1.53. The first-order valence-electron chi connectivity index (χ1n) is 5.47. The molecule has 2 aromatic heterocycles. The van der Waals surface area contributed by atoms with Crippen LogP contribution in [0.1, 0.15) is 5.69 Å². The molecule has 19 heavy (non-hydrogen) atoms. The van der Waals surface area contributed by atoms with Gasteiger partial charge in [0.15, 0.2) is 5.82 Å². The molecule has 2 aromatic rings. The van der Waals surface area contributed by atoms with Gasteiger partial charge in [-0.1, -0.05) is 0 Å². The maximum absolute atomic E-state index is 13.4. The number of aromatic nitrogens is 2. The molecule has 0 fully saturated rings. The molecule has 0 amide bonds. The average Bonchev–Trinajstić information content (AvgIpc) is 2.82. The Kier molecular flexibility index (Phi) is 3.82. The molecule has 0 saturated carbocycles. The summed E-state index contributed by atoms with van der Waals surface area (Å²) in [5.41, 5.74) is 0.587. The number of nitrogens with zero attached hydrogens (tertiary/aromatic N) is 1. The van der Waals surface area contributed by atoms with Gasteiger partial charge >= 0.3 is 0 Å². The first-order chi connectivity index (χ1) is 9.03. The molecule has 3 N–H and O–H groups in total. The molecule has 2 heterocycles. The fourth-order valence-corrected chi connectivity index (χ4v) is 2.61. The van der Waals surface area contributed by atoms with E-state index in [1.54, 1.807) is 7.05 Å². The predicted molar refractivity (Wildman–Crippen MR) is 68.6 cm³/mol. The lowest BCUT2D eigenvalue weighted by Crippen LogP contribution is -2.13. The highest BCUT2D eigenvalue weighted by Crippen LogP contribution is 2.18. The van der Waals surface area contributed by atoms with Crippen molar-refractivity contribution in [2.45, 2.75) is 11.4 Å². The SMILES string of the molecule is CNCc1cc(S(=O)(=O)Nc2ccncc2F)c[nH]1. The topological polar surface area (TPSA) is 86.9 Å². The molecule has 102 valence electrons. The summed E-state index contributed by atoms with van der Waals surface area (Å²) in [7, 11) is -2.06. The van der Waals surface area contributed by atoms with Crippen LogP contribution in [0.15, 0.2) is 35.6 Å². The van der Waals surface area contributed by atoms with Crippen molar-refractivity contribution in [2.75, 3.05) is 11.8 Å². The second kappa shape index (κ2) is 5.37. The Bertz CT molecular complexity index is 669. The van der Waals surface area contributed by atoms with Gasteiger partial charge in [0.05, 0.1) is 11.9 Å². The van der Waals surface area contributed by atoms with E-state index in [2.05, 4.69) is 20.0 Å². The number of sulfonamides is 1. The lowest BCUT2D eigenvalue weighted by atomic mass is 10.4. The highest BCUT2D eigenvalue weighted by Gasteiger charge is 2.17. The van der Waals surface area contributed by atoms with Crippen LogP contribution < -0.4 is 10.0 Å². The zero-order chi connectivity index (χ0) is 13.9. The summed E-state index contributed by atoms with van der Waals surface area (Å²) in [4.78, 5) is 6.43. The van der Waals surface area contributed by atoms with Crippen molar-refractivity contribution in [3.63, 3.8) is 0 Å². The summed E-state index contributed by atoms with van der Waals surface area (Å²) in [5.74, 6) is -0.725. The molecule has 8 heteroatoms. The highest BCUT2D eigenvalue weighted by molar-refractivity contribution is 7.92. The van der Waals surface area contributed by atoms with Crippen LogP contribution in [0.3, 0.4) is 0 Å². The minimum atomic E-state index is -3.81. The number of nitrogens with one attached hydrogen (secondary N) is 3. The Hall–Kier alpha value is -1.93. The second-order valence-electron chi connectivity index (χ2n) is 3.85. The zero-order valence-electron chi connectivity index (χ0n) is 10.1. The van der Waals surface area contributed by atoms with Gasteiger partial charge < -0.3 is 10.3 Å². The van der Waals surface area contributed by atoms with Gasteiger partial charge in [-0.3, -0.25) is 9.71 Å². The Morgan fingerprint density at radius 2 is 2.26 bits per heavy atom. The molecule has 0 unspecified atom stereocenters. The molecular weight excluding hydrogens is 271 g/mol. The normalized spacial score (nSPS) is 11.5. The van der Waals surface area contributed by atoms with Crippen LogP contribution in [0.2, 0.25) is 0 Å². The van der Waals surface area contributed by atoms with Crippen molar-refractivity contribution in [2.24, 2.45) is 0 Å². The van der Waals surface area contributed by atoms with E-state index in [0.29, 0.717) is 6.54 Å². The van der Waals surface area contributed by atoms with E-state index in [1.165, 1.54) is 24.5 Å². The summed E-state index contributed by atoms with van der Waals surface area (Å²) in [6.07, 6.45) is 3.61. The van der Waals surface area contributed by atoms with Gasteiger partial charge in [-0.25, -0.2) is 12.8 Å². The molecule has 0 aliphatic rings. The molecule has 0 aromatic carbocycles. The lowest BCUT2D eigenvalue weighted by molar-refractivity contribution is 0.598. The van der Waals surface area contributed by atoms with Gasteiger partial charge in [0.2, 0.25) is 0 Å². The first kappa shape index (κ1) is 13.5. The lowest BCUT2D eigenvalue weighted by Gasteiger charge is -2.06. The van der Waals surface area contributed by atoms with Crippen LogP contribution in [0, 0.1) is 5.82 Å². The molecule has 0 spiro atoms. The Labute approximate surface area is 110 Å². The van der Waals surface area contributed by atoms with E-state index in [0.717, 1.165) is 11.9 Å². The number of rotatable bonds is 5. The Balaban J connectivity index is 2.25. The Morgan fingerprint density at radius 3 is 2.95 bits per heavy atom. The van der Waals surface area contributed by atoms with Crippen LogP contribution >= 0.6 is 0 Å². The molecule has 0 saturated heterocycles. The van der Waals surface area contributed by atoms with Gasteiger partial charge in [0.25, 0.3) is 10.0 Å². The summed E-state index contributed by atoms with van der Waals surface area (Å²) >= 11 is 0. The summed E-state index contributed by atoms with van der Waals surface area (Å²) in [6, 6.07) is 2.74. The molecule has 0 aliphatic heterocycles. The fraction of sp³-hybridized carbons (Fsp3) is 0.182.